The van der Waals surface area contributed by atoms with Gasteiger partial charge < -0.3 is 5.32 Å². The highest BCUT2D eigenvalue weighted by Gasteiger charge is 2.08. The average molecular weight is 338 g/mol. The summed E-state index contributed by atoms with van der Waals surface area (Å²) in [5.74, 6) is -0.491. The van der Waals surface area contributed by atoms with Crippen LogP contribution in [0.4, 0.5) is 10.1 Å². The molecule has 0 bridgehead atoms. The number of anilines is 1. The maximum Gasteiger partial charge on any atom is 0.212 e. The summed E-state index contributed by atoms with van der Waals surface area (Å²) in [6, 6.07) is 8.84. The molecule has 0 aliphatic rings. The highest BCUT2D eigenvalue weighted by atomic mass is 35.5. The number of alkyl halides is 1. The SMILES string of the molecule is CCl.CNc1c(Cl)cnc2ccc(-c3ccc(F)nc3)cc12. The van der Waals surface area contributed by atoms with Crippen molar-refractivity contribution < 1.29 is 4.39 Å². The van der Waals surface area contributed by atoms with Crippen molar-refractivity contribution in [1.29, 1.82) is 0 Å². The number of hydrogen-bond acceptors (Lipinski definition) is 3. The van der Waals surface area contributed by atoms with Crippen molar-refractivity contribution in [3.8, 4) is 11.1 Å². The van der Waals surface area contributed by atoms with Gasteiger partial charge in [-0.25, -0.2) is 4.98 Å². The third-order valence-electron chi connectivity index (χ3n) is 3.13. The van der Waals surface area contributed by atoms with Gasteiger partial charge in [-0.1, -0.05) is 17.7 Å². The molecule has 1 N–H and O–H groups in total. The van der Waals surface area contributed by atoms with Gasteiger partial charge in [-0.3, -0.25) is 4.98 Å². The molecule has 0 aliphatic carbocycles. The minimum atomic E-state index is -0.491. The maximum absolute atomic E-state index is 12.9. The van der Waals surface area contributed by atoms with Crippen molar-refractivity contribution in [2.75, 3.05) is 18.7 Å². The normalized spacial score (nSPS) is 10.0. The molecule has 114 valence electrons. The molecule has 0 unspecified atom stereocenters. The molecule has 3 aromatic rings. The first-order valence-electron chi connectivity index (χ1n) is 6.45. The van der Waals surface area contributed by atoms with Crippen LogP contribution in [0.1, 0.15) is 0 Å². The van der Waals surface area contributed by atoms with Crippen LogP contribution in [-0.4, -0.2) is 23.4 Å². The Morgan fingerprint density at radius 1 is 1.00 bits per heavy atom. The van der Waals surface area contributed by atoms with E-state index in [1.165, 1.54) is 18.6 Å². The van der Waals surface area contributed by atoms with Crippen LogP contribution < -0.4 is 5.32 Å². The quantitative estimate of drug-likeness (QED) is 0.529. The summed E-state index contributed by atoms with van der Waals surface area (Å²) in [4.78, 5) is 7.96. The number of fused-ring (bicyclic) bond motifs is 1. The molecule has 0 fully saturated rings. The van der Waals surface area contributed by atoms with E-state index in [1.54, 1.807) is 12.3 Å². The van der Waals surface area contributed by atoms with Crippen molar-refractivity contribution in [3.05, 3.63) is 53.7 Å². The maximum atomic E-state index is 12.9. The fourth-order valence-electron chi connectivity index (χ4n) is 2.15. The lowest BCUT2D eigenvalue weighted by atomic mass is 10.0. The summed E-state index contributed by atoms with van der Waals surface area (Å²) in [6.45, 7) is 0. The van der Waals surface area contributed by atoms with Crippen LogP contribution >= 0.6 is 23.2 Å². The molecule has 0 aliphatic heterocycles. The van der Waals surface area contributed by atoms with Crippen LogP contribution in [-0.2, 0) is 0 Å². The summed E-state index contributed by atoms with van der Waals surface area (Å²) in [5, 5.41) is 4.56. The molecule has 0 saturated carbocycles. The third-order valence-corrected chi connectivity index (χ3v) is 3.42. The van der Waals surface area contributed by atoms with Crippen LogP contribution in [0, 0.1) is 5.95 Å². The fraction of sp³-hybridized carbons (Fsp3) is 0.125. The van der Waals surface area contributed by atoms with Gasteiger partial charge in [0.15, 0.2) is 0 Å². The summed E-state index contributed by atoms with van der Waals surface area (Å²) in [6.07, 6.45) is 4.60. The molecule has 6 heteroatoms. The van der Waals surface area contributed by atoms with Gasteiger partial charge in [0.1, 0.15) is 0 Å². The van der Waals surface area contributed by atoms with Crippen molar-refractivity contribution in [1.82, 2.24) is 9.97 Å². The molecule has 2 aromatic heterocycles. The predicted octanol–water partition coefficient (Wildman–Crippen LogP) is 4.99. The summed E-state index contributed by atoms with van der Waals surface area (Å²) in [7, 11) is 1.81. The zero-order valence-electron chi connectivity index (χ0n) is 12.1. The number of pyridine rings is 2. The molecular formula is C16H14Cl2FN3. The molecule has 1 aromatic carbocycles. The Balaban J connectivity index is 0.000000847. The van der Waals surface area contributed by atoms with Crippen LogP contribution in [0.2, 0.25) is 5.02 Å². The zero-order valence-corrected chi connectivity index (χ0v) is 13.6. The minimum absolute atomic E-state index is 0.491. The smallest absolute Gasteiger partial charge is 0.212 e. The highest BCUT2D eigenvalue weighted by Crippen LogP contribution is 2.32. The van der Waals surface area contributed by atoms with Crippen LogP contribution in [0.5, 0.6) is 0 Å². The number of nitrogens with one attached hydrogen (secondary N) is 1. The fourth-order valence-corrected chi connectivity index (χ4v) is 2.39. The van der Waals surface area contributed by atoms with E-state index >= 15 is 0 Å². The standard InChI is InChI=1S/C15H11ClFN3.CH3Cl/c1-18-15-11-6-9(10-3-5-14(17)20-7-10)2-4-13(11)19-8-12(15)16;1-2/h2-8H,1H3,(H,18,19);1H3. The number of benzene rings is 1. The lowest BCUT2D eigenvalue weighted by molar-refractivity contribution is 0.584. The number of rotatable bonds is 2. The van der Waals surface area contributed by atoms with Gasteiger partial charge in [0.05, 0.1) is 16.2 Å². The highest BCUT2D eigenvalue weighted by molar-refractivity contribution is 6.34. The van der Waals surface area contributed by atoms with Gasteiger partial charge in [-0.15, -0.1) is 11.6 Å². The second-order valence-electron chi connectivity index (χ2n) is 4.33. The molecule has 22 heavy (non-hydrogen) atoms. The molecule has 0 atom stereocenters. The van der Waals surface area contributed by atoms with Crippen molar-refractivity contribution in [2.45, 2.75) is 0 Å². The summed E-state index contributed by atoms with van der Waals surface area (Å²) in [5.41, 5.74) is 3.45. The topological polar surface area (TPSA) is 37.8 Å². The Morgan fingerprint density at radius 2 is 1.73 bits per heavy atom. The van der Waals surface area contributed by atoms with Gasteiger partial charge >= 0.3 is 0 Å². The Labute approximate surface area is 138 Å². The second-order valence-corrected chi connectivity index (χ2v) is 4.74. The van der Waals surface area contributed by atoms with Crippen molar-refractivity contribution in [2.24, 2.45) is 0 Å². The summed E-state index contributed by atoms with van der Waals surface area (Å²) < 4.78 is 12.9. The largest absolute Gasteiger partial charge is 0.386 e. The Kier molecular flexibility index (Phi) is 5.52. The minimum Gasteiger partial charge on any atom is -0.386 e. The molecule has 0 spiro atoms. The van der Waals surface area contributed by atoms with E-state index in [4.69, 9.17) is 11.6 Å². The first-order valence-corrected chi connectivity index (χ1v) is 7.58. The molecular weight excluding hydrogens is 324 g/mol. The first-order chi connectivity index (χ1) is 10.7. The molecule has 0 saturated heterocycles. The zero-order chi connectivity index (χ0) is 16.1. The predicted molar refractivity (Wildman–Crippen MR) is 91.3 cm³/mol. The molecule has 3 rings (SSSR count). The Bertz CT molecular complexity index is 776. The number of nitrogens with zero attached hydrogens (tertiary/aromatic N) is 2. The van der Waals surface area contributed by atoms with E-state index in [-0.39, 0.29) is 0 Å². The molecule has 0 amide bonds. The van der Waals surface area contributed by atoms with Crippen LogP contribution in [0.25, 0.3) is 22.0 Å². The lowest BCUT2D eigenvalue weighted by Crippen LogP contribution is -1.93. The van der Waals surface area contributed by atoms with Gasteiger partial charge in [0.2, 0.25) is 5.95 Å². The van der Waals surface area contributed by atoms with Crippen molar-refractivity contribution in [3.63, 3.8) is 0 Å². The van der Waals surface area contributed by atoms with E-state index in [9.17, 15) is 4.39 Å². The van der Waals surface area contributed by atoms with Crippen LogP contribution in [0.15, 0.2) is 42.7 Å². The number of halogens is 3. The van der Waals surface area contributed by atoms with E-state index in [1.807, 2.05) is 25.2 Å². The lowest BCUT2D eigenvalue weighted by Gasteiger charge is -2.09. The van der Waals surface area contributed by atoms with E-state index in [0.717, 1.165) is 27.7 Å². The molecule has 3 nitrogen and oxygen atoms in total. The van der Waals surface area contributed by atoms with Gasteiger partial charge in [0, 0.05) is 36.8 Å². The Hall–Kier alpha value is -1.91. The third kappa shape index (κ3) is 3.29. The van der Waals surface area contributed by atoms with Gasteiger partial charge in [-0.05, 0) is 29.8 Å². The van der Waals surface area contributed by atoms with E-state index in [0.29, 0.717) is 5.02 Å². The monoisotopic (exact) mass is 337 g/mol. The second kappa shape index (κ2) is 7.38. The Morgan fingerprint density at radius 3 is 2.36 bits per heavy atom. The summed E-state index contributed by atoms with van der Waals surface area (Å²) >= 11 is 10.8. The first kappa shape index (κ1) is 16.5. The number of aromatic nitrogens is 2. The van der Waals surface area contributed by atoms with Gasteiger partial charge in [-0.2, -0.15) is 4.39 Å². The van der Waals surface area contributed by atoms with E-state index in [2.05, 4.69) is 26.9 Å². The molecule has 0 radical (unpaired) electrons. The van der Waals surface area contributed by atoms with Gasteiger partial charge in [0.25, 0.3) is 0 Å². The van der Waals surface area contributed by atoms with E-state index < -0.39 is 5.95 Å². The van der Waals surface area contributed by atoms with Crippen molar-refractivity contribution >= 4 is 39.8 Å². The number of hydrogen-bond donors (Lipinski definition) is 1. The average Bonchev–Trinajstić information content (AvgIpc) is 2.57. The molecule has 2 heterocycles. The van der Waals surface area contributed by atoms with Crippen LogP contribution in [0.3, 0.4) is 0 Å².